The number of carbonyl (C=O) groups is 1. The zero-order valence-corrected chi connectivity index (χ0v) is 19.8. The van der Waals surface area contributed by atoms with E-state index in [0.717, 1.165) is 0 Å². The number of phenolic OH excluding ortho intramolecular Hbond substituents is 1. The molecule has 1 aliphatic rings. The number of hydrazone groups is 1. The van der Waals surface area contributed by atoms with Crippen LogP contribution in [-0.4, -0.2) is 27.2 Å². The Morgan fingerprint density at radius 3 is 2.66 bits per heavy atom. The average Bonchev–Trinajstić information content (AvgIpc) is 2.76. The molecule has 0 aliphatic carbocycles. The summed E-state index contributed by atoms with van der Waals surface area (Å²) in [5, 5.41) is 30.6. The summed E-state index contributed by atoms with van der Waals surface area (Å²) in [6, 6.07) is 16.4. The first kappa shape index (κ1) is 22.0. The number of nitro groups is 1. The van der Waals surface area contributed by atoms with E-state index in [4.69, 9.17) is 0 Å². The number of carbonyl (C=O) groups excluding carboxylic acids is 1. The molecule has 162 valence electrons. The SMILES string of the molecule is C[C@@]1(c2cccc([N+](=O)[O-])c2)Nc2ccccc2C(=O)N1N=Cc1cc(Br)cc(Br)c1O. The van der Waals surface area contributed by atoms with Crippen molar-refractivity contribution in [2.24, 2.45) is 5.10 Å². The van der Waals surface area contributed by atoms with Gasteiger partial charge in [-0.2, -0.15) is 10.1 Å². The second-order valence-corrected chi connectivity index (χ2v) is 9.01. The Labute approximate surface area is 200 Å². The van der Waals surface area contributed by atoms with Gasteiger partial charge in [0.2, 0.25) is 0 Å². The number of hydrogen-bond donors (Lipinski definition) is 2. The van der Waals surface area contributed by atoms with Gasteiger partial charge in [0.1, 0.15) is 5.75 Å². The van der Waals surface area contributed by atoms with Crippen LogP contribution in [0.25, 0.3) is 0 Å². The van der Waals surface area contributed by atoms with Crippen LogP contribution in [-0.2, 0) is 5.66 Å². The standard InChI is InChI=1S/C22H16Br2N4O4/c1-22(14-5-4-6-16(10-14)28(31)32)26-19-8-3-2-7-17(19)21(30)27(22)25-12-13-9-15(23)11-18(24)20(13)29/h2-12,26,29H,1H3/t22-/m1/s1. The third-order valence-corrected chi connectivity index (χ3v) is 6.20. The smallest absolute Gasteiger partial charge is 0.278 e. The number of rotatable bonds is 4. The minimum atomic E-state index is -1.23. The number of para-hydroxylation sites is 1. The lowest BCUT2D eigenvalue weighted by Gasteiger charge is -2.43. The van der Waals surface area contributed by atoms with Gasteiger partial charge in [-0.3, -0.25) is 14.9 Å². The van der Waals surface area contributed by atoms with E-state index in [0.29, 0.717) is 31.3 Å². The van der Waals surface area contributed by atoms with Crippen LogP contribution < -0.4 is 5.32 Å². The molecule has 1 atom stereocenters. The number of aromatic hydroxyl groups is 1. The number of amides is 1. The topological polar surface area (TPSA) is 108 Å². The lowest BCUT2D eigenvalue weighted by Crippen LogP contribution is -2.53. The quantitative estimate of drug-likeness (QED) is 0.246. The molecule has 0 saturated carbocycles. The average molecular weight is 560 g/mol. The monoisotopic (exact) mass is 558 g/mol. The minimum absolute atomic E-state index is 0.0354. The molecular weight excluding hydrogens is 544 g/mol. The highest BCUT2D eigenvalue weighted by Gasteiger charge is 2.43. The van der Waals surface area contributed by atoms with Gasteiger partial charge in [0.25, 0.3) is 11.6 Å². The molecule has 0 aromatic heterocycles. The summed E-state index contributed by atoms with van der Waals surface area (Å²) in [6.45, 7) is 1.72. The molecule has 3 aromatic rings. The van der Waals surface area contributed by atoms with E-state index >= 15 is 0 Å². The number of nitrogens with one attached hydrogen (secondary N) is 1. The van der Waals surface area contributed by atoms with Crippen LogP contribution in [0.3, 0.4) is 0 Å². The van der Waals surface area contributed by atoms with Crippen LogP contribution in [0, 0.1) is 10.1 Å². The van der Waals surface area contributed by atoms with Crippen LogP contribution >= 0.6 is 31.9 Å². The fourth-order valence-electron chi connectivity index (χ4n) is 3.50. The van der Waals surface area contributed by atoms with Gasteiger partial charge >= 0.3 is 0 Å². The Balaban J connectivity index is 1.86. The fourth-order valence-corrected chi connectivity index (χ4v) is 4.76. The van der Waals surface area contributed by atoms with E-state index in [9.17, 15) is 20.0 Å². The normalized spacial score (nSPS) is 17.8. The Kier molecular flexibility index (Phi) is 5.74. The summed E-state index contributed by atoms with van der Waals surface area (Å²) >= 11 is 6.65. The van der Waals surface area contributed by atoms with Crippen molar-refractivity contribution in [3.8, 4) is 5.75 Å². The number of non-ortho nitro benzene ring substituents is 1. The van der Waals surface area contributed by atoms with E-state index in [-0.39, 0.29) is 11.4 Å². The summed E-state index contributed by atoms with van der Waals surface area (Å²) in [7, 11) is 0. The molecule has 8 nitrogen and oxygen atoms in total. The summed E-state index contributed by atoms with van der Waals surface area (Å²) < 4.78 is 1.17. The predicted molar refractivity (Wildman–Crippen MR) is 128 cm³/mol. The van der Waals surface area contributed by atoms with Gasteiger partial charge in [0, 0.05) is 33.4 Å². The largest absolute Gasteiger partial charge is 0.506 e. The highest BCUT2D eigenvalue weighted by molar-refractivity contribution is 9.11. The van der Waals surface area contributed by atoms with Crippen LogP contribution in [0.1, 0.15) is 28.4 Å². The van der Waals surface area contributed by atoms with Gasteiger partial charge in [-0.05, 0) is 47.1 Å². The Bertz CT molecular complexity index is 1280. The number of halogens is 2. The molecular formula is C22H16Br2N4O4. The maximum absolute atomic E-state index is 13.4. The molecule has 0 fully saturated rings. The molecule has 10 heteroatoms. The molecule has 2 N–H and O–H groups in total. The maximum Gasteiger partial charge on any atom is 0.278 e. The molecule has 3 aromatic carbocycles. The molecule has 32 heavy (non-hydrogen) atoms. The third-order valence-electron chi connectivity index (χ3n) is 5.14. The first-order chi connectivity index (χ1) is 15.2. The number of benzene rings is 3. The number of fused-ring (bicyclic) bond motifs is 1. The second kappa shape index (κ2) is 8.36. The van der Waals surface area contributed by atoms with Crippen molar-refractivity contribution in [2.75, 3.05) is 5.32 Å². The van der Waals surface area contributed by atoms with Crippen LogP contribution in [0.2, 0.25) is 0 Å². The zero-order chi connectivity index (χ0) is 23.0. The molecule has 1 heterocycles. The molecule has 1 amide bonds. The van der Waals surface area contributed by atoms with Crippen molar-refractivity contribution in [2.45, 2.75) is 12.6 Å². The summed E-state index contributed by atoms with van der Waals surface area (Å²) in [5.41, 5.74) is 0.519. The van der Waals surface area contributed by atoms with E-state index < -0.39 is 16.5 Å². The Morgan fingerprint density at radius 2 is 1.91 bits per heavy atom. The maximum atomic E-state index is 13.4. The van der Waals surface area contributed by atoms with Crippen LogP contribution in [0.4, 0.5) is 11.4 Å². The molecule has 0 spiro atoms. The minimum Gasteiger partial charge on any atom is -0.506 e. The molecule has 4 rings (SSSR count). The lowest BCUT2D eigenvalue weighted by molar-refractivity contribution is -0.385. The highest BCUT2D eigenvalue weighted by Crippen LogP contribution is 2.39. The van der Waals surface area contributed by atoms with E-state index in [2.05, 4.69) is 42.3 Å². The van der Waals surface area contributed by atoms with Crippen molar-refractivity contribution < 1.29 is 14.8 Å². The summed E-state index contributed by atoms with van der Waals surface area (Å²) in [5.74, 6) is -0.426. The molecule has 1 aliphatic heterocycles. The second-order valence-electron chi connectivity index (χ2n) is 7.24. The summed E-state index contributed by atoms with van der Waals surface area (Å²) in [6.07, 6.45) is 1.37. The van der Waals surface area contributed by atoms with Crippen molar-refractivity contribution in [1.29, 1.82) is 0 Å². The van der Waals surface area contributed by atoms with E-state index in [1.807, 2.05) is 0 Å². The number of hydrogen-bond acceptors (Lipinski definition) is 6. The van der Waals surface area contributed by atoms with Crippen molar-refractivity contribution >= 4 is 55.4 Å². The van der Waals surface area contributed by atoms with E-state index in [1.165, 1.54) is 23.4 Å². The zero-order valence-electron chi connectivity index (χ0n) is 16.6. The molecule has 0 bridgehead atoms. The highest BCUT2D eigenvalue weighted by atomic mass is 79.9. The van der Waals surface area contributed by atoms with Gasteiger partial charge < -0.3 is 10.4 Å². The number of phenols is 1. The number of nitrogens with zero attached hydrogens (tertiary/aromatic N) is 3. The molecule has 0 saturated heterocycles. The third kappa shape index (κ3) is 3.87. The lowest BCUT2D eigenvalue weighted by atomic mass is 9.95. The Hall–Kier alpha value is -3.24. The summed E-state index contributed by atoms with van der Waals surface area (Å²) in [4.78, 5) is 24.3. The first-order valence-corrected chi connectivity index (χ1v) is 11.0. The van der Waals surface area contributed by atoms with E-state index in [1.54, 1.807) is 55.5 Å². The van der Waals surface area contributed by atoms with Gasteiger partial charge in [0.05, 0.1) is 21.2 Å². The fraction of sp³-hybridized carbons (Fsp3) is 0.0909. The Morgan fingerprint density at radius 1 is 1.16 bits per heavy atom. The molecule has 0 radical (unpaired) electrons. The number of nitro benzene ring substituents is 1. The number of anilines is 1. The molecule has 0 unspecified atom stereocenters. The van der Waals surface area contributed by atoms with Crippen LogP contribution in [0.5, 0.6) is 5.75 Å². The van der Waals surface area contributed by atoms with Gasteiger partial charge in [-0.15, -0.1) is 0 Å². The van der Waals surface area contributed by atoms with Gasteiger partial charge in [-0.25, -0.2) is 0 Å². The van der Waals surface area contributed by atoms with Crippen molar-refractivity contribution in [3.63, 3.8) is 0 Å². The van der Waals surface area contributed by atoms with Crippen LogP contribution in [0.15, 0.2) is 74.7 Å². The predicted octanol–water partition coefficient (Wildman–Crippen LogP) is 5.60. The van der Waals surface area contributed by atoms with Crippen molar-refractivity contribution in [1.82, 2.24) is 5.01 Å². The first-order valence-electron chi connectivity index (χ1n) is 9.39. The van der Waals surface area contributed by atoms with Crippen molar-refractivity contribution in [3.05, 3.63) is 96.4 Å². The van der Waals surface area contributed by atoms with Gasteiger partial charge in [0.15, 0.2) is 5.66 Å². The van der Waals surface area contributed by atoms with Gasteiger partial charge in [-0.1, -0.05) is 40.2 Å².